The van der Waals surface area contributed by atoms with Crippen molar-refractivity contribution in [3.05, 3.63) is 30.1 Å². The van der Waals surface area contributed by atoms with Crippen LogP contribution in [0.25, 0.3) is 0 Å². The Morgan fingerprint density at radius 3 is 2.60 bits per heavy atom. The summed E-state index contributed by atoms with van der Waals surface area (Å²) in [7, 11) is 0. The summed E-state index contributed by atoms with van der Waals surface area (Å²) in [5.74, 6) is 1.85. The fourth-order valence-corrected chi connectivity index (χ4v) is 2.61. The maximum absolute atomic E-state index is 12.8. The number of guanidine groups is 1. The average Bonchev–Trinajstić information content (AvgIpc) is 2.59. The predicted molar refractivity (Wildman–Crippen MR) is 109 cm³/mol. The van der Waals surface area contributed by atoms with Gasteiger partial charge in [-0.05, 0) is 49.9 Å². The topological polar surface area (TPSA) is 57.1 Å². The van der Waals surface area contributed by atoms with Crippen molar-refractivity contribution in [1.82, 2.24) is 10.2 Å². The number of nitrogens with zero attached hydrogens (tertiary/aromatic N) is 2. The molecule has 1 aliphatic heterocycles. The summed E-state index contributed by atoms with van der Waals surface area (Å²) in [4.78, 5) is 6.78. The summed E-state index contributed by atoms with van der Waals surface area (Å²) < 4.78 is 18.3. The molecule has 0 radical (unpaired) electrons. The van der Waals surface area contributed by atoms with Crippen LogP contribution < -0.4 is 10.1 Å². The maximum atomic E-state index is 12.8. The number of hydrogen-bond donors (Lipinski definition) is 2. The Morgan fingerprint density at radius 1 is 1.36 bits per heavy atom. The van der Waals surface area contributed by atoms with Crippen LogP contribution in [0.5, 0.6) is 5.75 Å². The van der Waals surface area contributed by atoms with E-state index in [-0.39, 0.29) is 42.9 Å². The van der Waals surface area contributed by atoms with Crippen molar-refractivity contribution in [3.63, 3.8) is 0 Å². The van der Waals surface area contributed by atoms with Gasteiger partial charge in [-0.2, -0.15) is 0 Å². The zero-order valence-corrected chi connectivity index (χ0v) is 17.3. The van der Waals surface area contributed by atoms with Crippen LogP contribution in [0, 0.1) is 11.7 Å². The molecule has 7 heteroatoms. The highest BCUT2D eigenvalue weighted by Gasteiger charge is 2.18. The lowest BCUT2D eigenvalue weighted by Crippen LogP contribution is -2.45. The van der Waals surface area contributed by atoms with E-state index in [1.165, 1.54) is 25.0 Å². The number of halogens is 2. The molecule has 142 valence electrons. The molecule has 0 aliphatic carbocycles. The van der Waals surface area contributed by atoms with Crippen molar-refractivity contribution in [1.29, 1.82) is 0 Å². The zero-order valence-electron chi connectivity index (χ0n) is 14.9. The first-order chi connectivity index (χ1) is 11.6. The van der Waals surface area contributed by atoms with E-state index < -0.39 is 6.10 Å². The van der Waals surface area contributed by atoms with Crippen LogP contribution >= 0.6 is 24.0 Å². The number of benzene rings is 1. The van der Waals surface area contributed by atoms with E-state index in [0.29, 0.717) is 5.75 Å². The number of aliphatic hydroxyl groups excluding tert-OH is 1. The Morgan fingerprint density at radius 2 is 2.00 bits per heavy atom. The lowest BCUT2D eigenvalue weighted by molar-refractivity contribution is 0.114. The number of rotatable bonds is 6. The third-order valence-electron chi connectivity index (χ3n) is 4.13. The molecule has 25 heavy (non-hydrogen) atoms. The van der Waals surface area contributed by atoms with Crippen LogP contribution in [0.1, 0.15) is 26.7 Å². The van der Waals surface area contributed by atoms with Crippen LogP contribution in [0.15, 0.2) is 29.3 Å². The van der Waals surface area contributed by atoms with Crippen molar-refractivity contribution in [2.75, 3.05) is 32.8 Å². The lowest BCUT2D eigenvalue weighted by Gasteiger charge is -2.33. The quantitative estimate of drug-likeness (QED) is 0.386. The third kappa shape index (κ3) is 7.77. The summed E-state index contributed by atoms with van der Waals surface area (Å²) >= 11 is 0. The van der Waals surface area contributed by atoms with Gasteiger partial charge in [0.15, 0.2) is 5.96 Å². The highest BCUT2D eigenvalue weighted by atomic mass is 127. The number of hydrogen-bond acceptors (Lipinski definition) is 3. The van der Waals surface area contributed by atoms with Crippen molar-refractivity contribution in [2.24, 2.45) is 10.9 Å². The monoisotopic (exact) mass is 465 g/mol. The Hall–Kier alpha value is -1.09. The van der Waals surface area contributed by atoms with Crippen LogP contribution in [0.2, 0.25) is 0 Å². The van der Waals surface area contributed by atoms with Crippen LogP contribution in [-0.2, 0) is 0 Å². The molecule has 1 aromatic rings. The molecular formula is C18H29FIN3O2. The molecule has 5 nitrogen and oxygen atoms in total. The molecule has 1 aromatic carbocycles. The number of piperidine rings is 1. The SMILES string of the molecule is CCNC(=NCC(O)COc1ccc(F)cc1)N1CCC(C)CC1.I. The molecule has 1 aliphatic rings. The molecule has 0 saturated carbocycles. The van der Waals surface area contributed by atoms with Crippen molar-refractivity contribution >= 4 is 29.9 Å². The summed E-state index contributed by atoms with van der Waals surface area (Å²) in [5, 5.41) is 13.4. The number of likely N-dealkylation sites (tertiary alicyclic amines) is 1. The van der Waals surface area contributed by atoms with Gasteiger partial charge in [0, 0.05) is 19.6 Å². The molecule has 0 aromatic heterocycles. The summed E-state index contributed by atoms with van der Waals surface area (Å²) in [5.41, 5.74) is 0. The molecule has 2 rings (SSSR count). The highest BCUT2D eigenvalue weighted by Crippen LogP contribution is 2.16. The fourth-order valence-electron chi connectivity index (χ4n) is 2.61. The third-order valence-corrected chi connectivity index (χ3v) is 4.13. The van der Waals surface area contributed by atoms with E-state index in [4.69, 9.17) is 4.74 Å². The first-order valence-corrected chi connectivity index (χ1v) is 8.68. The molecular weight excluding hydrogens is 436 g/mol. The number of nitrogens with one attached hydrogen (secondary N) is 1. The lowest BCUT2D eigenvalue weighted by atomic mass is 10.00. The van der Waals surface area contributed by atoms with Gasteiger partial charge in [-0.1, -0.05) is 6.92 Å². The van der Waals surface area contributed by atoms with E-state index in [2.05, 4.69) is 22.1 Å². The van der Waals surface area contributed by atoms with Gasteiger partial charge in [0.1, 0.15) is 24.3 Å². The van der Waals surface area contributed by atoms with Crippen molar-refractivity contribution in [2.45, 2.75) is 32.8 Å². The zero-order chi connectivity index (χ0) is 17.4. The van der Waals surface area contributed by atoms with E-state index in [1.54, 1.807) is 12.1 Å². The molecule has 1 saturated heterocycles. The van der Waals surface area contributed by atoms with E-state index in [1.807, 2.05) is 6.92 Å². The summed E-state index contributed by atoms with van der Waals surface area (Å²) in [6, 6.07) is 5.76. The molecule has 1 atom stereocenters. The molecule has 0 bridgehead atoms. The first kappa shape index (κ1) is 22.0. The second kappa shape index (κ2) is 11.5. The first-order valence-electron chi connectivity index (χ1n) is 8.68. The van der Waals surface area contributed by atoms with Crippen molar-refractivity contribution in [3.8, 4) is 5.75 Å². The van der Waals surface area contributed by atoms with Crippen LogP contribution in [-0.4, -0.2) is 54.9 Å². The molecule has 1 unspecified atom stereocenters. The minimum Gasteiger partial charge on any atom is -0.491 e. The van der Waals surface area contributed by atoms with Crippen molar-refractivity contribution < 1.29 is 14.2 Å². The molecule has 1 fully saturated rings. The highest BCUT2D eigenvalue weighted by molar-refractivity contribution is 14.0. The largest absolute Gasteiger partial charge is 0.491 e. The average molecular weight is 465 g/mol. The standard InChI is InChI=1S/C18H28FN3O2.HI/c1-3-20-18(22-10-8-14(2)9-11-22)21-12-16(23)13-24-17-6-4-15(19)5-7-17;/h4-7,14,16,23H,3,8-13H2,1-2H3,(H,20,21);1H. The minimum absolute atomic E-state index is 0. The van der Waals surface area contributed by atoms with Gasteiger partial charge in [-0.3, -0.25) is 4.99 Å². The molecule has 0 spiro atoms. The smallest absolute Gasteiger partial charge is 0.194 e. The van der Waals surface area contributed by atoms with Gasteiger partial charge in [-0.25, -0.2) is 4.39 Å². The van der Waals surface area contributed by atoms with Crippen LogP contribution in [0.3, 0.4) is 0 Å². The van der Waals surface area contributed by atoms with Gasteiger partial charge in [0.05, 0.1) is 6.54 Å². The normalized spacial score (nSPS) is 17.0. The minimum atomic E-state index is -0.701. The fraction of sp³-hybridized carbons (Fsp3) is 0.611. The molecule has 2 N–H and O–H groups in total. The number of ether oxygens (including phenoxy) is 1. The van der Waals surface area contributed by atoms with Gasteiger partial charge in [0.2, 0.25) is 0 Å². The summed E-state index contributed by atoms with van der Waals surface area (Å²) in [6.45, 7) is 7.51. The van der Waals surface area contributed by atoms with Gasteiger partial charge in [0.25, 0.3) is 0 Å². The van der Waals surface area contributed by atoms with Gasteiger partial charge in [-0.15, -0.1) is 24.0 Å². The Labute approximate surface area is 166 Å². The molecule has 0 amide bonds. The maximum Gasteiger partial charge on any atom is 0.194 e. The van der Waals surface area contributed by atoms with Gasteiger partial charge >= 0.3 is 0 Å². The Balaban J connectivity index is 0.00000312. The van der Waals surface area contributed by atoms with E-state index in [9.17, 15) is 9.50 Å². The Kier molecular flexibility index (Phi) is 10.1. The number of aliphatic hydroxyl groups is 1. The van der Waals surface area contributed by atoms with Gasteiger partial charge < -0.3 is 20.1 Å². The second-order valence-electron chi connectivity index (χ2n) is 6.28. The van der Waals surface area contributed by atoms with E-state index >= 15 is 0 Å². The van der Waals surface area contributed by atoms with E-state index in [0.717, 1.165) is 31.5 Å². The Bertz CT molecular complexity index is 520. The number of aliphatic imine (C=N–C) groups is 1. The van der Waals surface area contributed by atoms with Crippen LogP contribution in [0.4, 0.5) is 4.39 Å². The summed E-state index contributed by atoms with van der Waals surface area (Å²) in [6.07, 6.45) is 1.63. The molecule has 1 heterocycles. The predicted octanol–water partition coefficient (Wildman–Crippen LogP) is 2.88. The second-order valence-corrected chi connectivity index (χ2v) is 6.28.